The molecule has 31 heavy (non-hydrogen) atoms. The minimum Gasteiger partial charge on any atom is -0.478 e. The fourth-order valence-corrected chi connectivity index (χ4v) is 4.71. The maximum atomic E-state index is 12.7. The number of amides is 1. The summed E-state index contributed by atoms with van der Waals surface area (Å²) in [6.45, 7) is 2.43. The van der Waals surface area contributed by atoms with E-state index in [1.807, 2.05) is 43.5 Å². The number of hydrogen-bond donors (Lipinski definition) is 1. The van der Waals surface area contributed by atoms with Gasteiger partial charge in [-0.15, -0.1) is 0 Å². The molecule has 2 aliphatic heterocycles. The van der Waals surface area contributed by atoms with E-state index >= 15 is 0 Å². The normalized spacial score (nSPS) is 24.5. The molecule has 1 amide bonds. The Bertz CT molecular complexity index is 942. The zero-order chi connectivity index (χ0) is 21.8. The van der Waals surface area contributed by atoms with Gasteiger partial charge in [0.2, 0.25) is 0 Å². The topological polar surface area (TPSA) is 79.2 Å². The standard InChI is InChI=1S/C25H28N2O4/c1-2-27(24(28)18-6-4-3-5-7-18)26-16-21-20(22-14-15-23(21)31-22)13-10-17-8-11-19(12-9-17)25(29)30/h3-9,11-12,16,20-23H,2,10,13-15H2,1H3,(H,29,30)/t20-,21+,22?,23+/m1/s1. The lowest BCUT2D eigenvalue weighted by Gasteiger charge is -2.26. The van der Waals surface area contributed by atoms with Gasteiger partial charge in [-0.05, 0) is 68.4 Å². The Morgan fingerprint density at radius 3 is 2.45 bits per heavy atom. The average Bonchev–Trinajstić information content (AvgIpc) is 3.40. The first-order valence-electron chi connectivity index (χ1n) is 11.0. The molecule has 6 heteroatoms. The molecule has 2 aliphatic rings. The first-order valence-corrected chi connectivity index (χ1v) is 11.0. The lowest BCUT2D eigenvalue weighted by atomic mass is 9.77. The van der Waals surface area contributed by atoms with Crippen LogP contribution in [0.15, 0.2) is 59.7 Å². The minimum atomic E-state index is -0.908. The number of benzene rings is 2. The highest BCUT2D eigenvalue weighted by molar-refractivity contribution is 5.94. The number of carbonyl (C=O) groups excluding carboxylic acids is 1. The first-order chi connectivity index (χ1) is 15.1. The van der Waals surface area contributed by atoms with Crippen molar-refractivity contribution >= 4 is 18.1 Å². The average molecular weight is 421 g/mol. The zero-order valence-corrected chi connectivity index (χ0v) is 17.7. The Morgan fingerprint density at radius 1 is 1.06 bits per heavy atom. The van der Waals surface area contributed by atoms with Crippen LogP contribution in [0, 0.1) is 11.8 Å². The summed E-state index contributed by atoms with van der Waals surface area (Å²) in [5.41, 5.74) is 2.06. The number of nitrogens with zero attached hydrogens (tertiary/aromatic N) is 2. The Morgan fingerprint density at radius 2 is 1.77 bits per heavy atom. The summed E-state index contributed by atoms with van der Waals surface area (Å²) in [5, 5.41) is 15.1. The summed E-state index contributed by atoms with van der Waals surface area (Å²) < 4.78 is 6.18. The van der Waals surface area contributed by atoms with Crippen molar-refractivity contribution in [3.05, 3.63) is 71.3 Å². The highest BCUT2D eigenvalue weighted by Crippen LogP contribution is 2.44. The zero-order valence-electron chi connectivity index (χ0n) is 17.7. The van der Waals surface area contributed by atoms with Crippen molar-refractivity contribution in [2.45, 2.75) is 44.8 Å². The van der Waals surface area contributed by atoms with Gasteiger partial charge in [-0.25, -0.2) is 9.80 Å². The first kappa shape index (κ1) is 21.2. The largest absolute Gasteiger partial charge is 0.478 e. The number of carbonyl (C=O) groups is 2. The monoisotopic (exact) mass is 420 g/mol. The molecule has 0 saturated carbocycles. The van der Waals surface area contributed by atoms with E-state index in [4.69, 9.17) is 9.84 Å². The summed E-state index contributed by atoms with van der Waals surface area (Å²) in [4.78, 5) is 23.8. The van der Waals surface area contributed by atoms with Crippen LogP contribution in [0.1, 0.15) is 52.5 Å². The summed E-state index contributed by atoms with van der Waals surface area (Å²) in [5.74, 6) is -0.463. The van der Waals surface area contributed by atoms with Crippen LogP contribution in [0.25, 0.3) is 0 Å². The second-order valence-corrected chi connectivity index (χ2v) is 8.22. The van der Waals surface area contributed by atoms with Gasteiger partial charge >= 0.3 is 5.97 Å². The molecule has 6 nitrogen and oxygen atoms in total. The number of fused-ring (bicyclic) bond motifs is 2. The lowest BCUT2D eigenvalue weighted by molar-refractivity contribution is 0.0696. The minimum absolute atomic E-state index is 0.0986. The van der Waals surface area contributed by atoms with Crippen LogP contribution < -0.4 is 0 Å². The molecular formula is C25H28N2O4. The van der Waals surface area contributed by atoms with E-state index in [1.165, 1.54) is 5.01 Å². The Hall–Kier alpha value is -2.99. The van der Waals surface area contributed by atoms with E-state index < -0.39 is 5.97 Å². The molecule has 2 heterocycles. The molecule has 1 unspecified atom stereocenters. The Kier molecular flexibility index (Phi) is 6.47. The maximum Gasteiger partial charge on any atom is 0.335 e. The second kappa shape index (κ2) is 9.43. The number of hydrogen-bond acceptors (Lipinski definition) is 4. The Balaban J connectivity index is 1.42. The van der Waals surface area contributed by atoms with Crippen LogP contribution in [0.2, 0.25) is 0 Å². The van der Waals surface area contributed by atoms with Gasteiger partial charge in [0.1, 0.15) is 0 Å². The quantitative estimate of drug-likeness (QED) is 0.511. The van der Waals surface area contributed by atoms with E-state index in [1.54, 1.807) is 24.3 Å². The lowest BCUT2D eigenvalue weighted by Crippen LogP contribution is -2.31. The molecule has 2 fully saturated rings. The number of aromatic carboxylic acids is 1. The van der Waals surface area contributed by atoms with Crippen molar-refractivity contribution in [2.24, 2.45) is 16.9 Å². The van der Waals surface area contributed by atoms with Crippen molar-refractivity contribution in [3.63, 3.8) is 0 Å². The highest BCUT2D eigenvalue weighted by atomic mass is 16.5. The third-order valence-electron chi connectivity index (χ3n) is 6.39. The van der Waals surface area contributed by atoms with Crippen LogP contribution in [0.3, 0.4) is 0 Å². The summed E-state index contributed by atoms with van der Waals surface area (Å²) in [6.07, 6.45) is 6.23. The molecule has 2 saturated heterocycles. The van der Waals surface area contributed by atoms with E-state index in [9.17, 15) is 9.59 Å². The van der Waals surface area contributed by atoms with E-state index in [0.29, 0.717) is 23.6 Å². The number of aryl methyl sites for hydroxylation is 1. The van der Waals surface area contributed by atoms with Crippen LogP contribution >= 0.6 is 0 Å². The Labute approximate surface area is 182 Å². The van der Waals surface area contributed by atoms with Crippen molar-refractivity contribution < 1.29 is 19.4 Å². The third-order valence-corrected chi connectivity index (χ3v) is 6.39. The summed E-state index contributed by atoms with van der Waals surface area (Å²) in [7, 11) is 0. The molecule has 2 aromatic rings. The summed E-state index contributed by atoms with van der Waals surface area (Å²) >= 11 is 0. The van der Waals surface area contributed by atoms with E-state index in [-0.39, 0.29) is 24.0 Å². The van der Waals surface area contributed by atoms with Crippen molar-refractivity contribution in [3.8, 4) is 0 Å². The molecule has 4 rings (SSSR count). The van der Waals surface area contributed by atoms with Crippen molar-refractivity contribution in [1.29, 1.82) is 0 Å². The van der Waals surface area contributed by atoms with Crippen LogP contribution in [0.4, 0.5) is 0 Å². The van der Waals surface area contributed by atoms with Crippen molar-refractivity contribution in [2.75, 3.05) is 6.54 Å². The number of carboxylic acid groups (broad SMARTS) is 1. The fourth-order valence-electron chi connectivity index (χ4n) is 4.71. The maximum absolute atomic E-state index is 12.7. The number of hydrazone groups is 1. The molecule has 0 aromatic heterocycles. The van der Waals surface area contributed by atoms with Gasteiger partial charge in [-0.3, -0.25) is 4.79 Å². The number of carboxylic acids is 1. The van der Waals surface area contributed by atoms with Gasteiger partial charge in [0.25, 0.3) is 5.91 Å². The molecule has 0 spiro atoms. The van der Waals surface area contributed by atoms with Crippen molar-refractivity contribution in [1.82, 2.24) is 5.01 Å². The molecule has 2 bridgehead atoms. The summed E-state index contributed by atoms with van der Waals surface area (Å²) in [6, 6.07) is 16.3. The molecule has 2 aromatic carbocycles. The predicted molar refractivity (Wildman–Crippen MR) is 118 cm³/mol. The van der Waals surface area contributed by atoms with Crippen LogP contribution in [-0.4, -0.2) is 47.0 Å². The molecule has 4 atom stereocenters. The number of rotatable bonds is 8. The van der Waals surface area contributed by atoms with E-state index in [0.717, 1.165) is 31.2 Å². The van der Waals surface area contributed by atoms with Gasteiger partial charge in [0, 0.05) is 24.2 Å². The SMILES string of the molecule is CCN(N=C[C@@H]1[C@@H]2CCC(O2)[C@@H]1CCc1ccc(C(=O)O)cc1)C(=O)c1ccccc1. The van der Waals surface area contributed by atoms with Gasteiger partial charge in [0.15, 0.2) is 0 Å². The fraction of sp³-hybridized carbons (Fsp3) is 0.400. The molecule has 0 aliphatic carbocycles. The van der Waals surface area contributed by atoms with Gasteiger partial charge in [0.05, 0.1) is 17.8 Å². The third kappa shape index (κ3) is 4.69. The molecule has 1 N–H and O–H groups in total. The van der Waals surface area contributed by atoms with Gasteiger partial charge in [-0.1, -0.05) is 30.3 Å². The number of ether oxygens (including phenoxy) is 1. The highest BCUT2D eigenvalue weighted by Gasteiger charge is 2.47. The smallest absolute Gasteiger partial charge is 0.335 e. The second-order valence-electron chi connectivity index (χ2n) is 8.22. The molecule has 0 radical (unpaired) electrons. The van der Waals surface area contributed by atoms with Gasteiger partial charge in [-0.2, -0.15) is 5.10 Å². The predicted octanol–water partition coefficient (Wildman–Crippen LogP) is 4.26. The van der Waals surface area contributed by atoms with Gasteiger partial charge < -0.3 is 9.84 Å². The van der Waals surface area contributed by atoms with Crippen LogP contribution in [-0.2, 0) is 11.2 Å². The molecule has 162 valence electrons. The molecular weight excluding hydrogens is 392 g/mol. The van der Waals surface area contributed by atoms with E-state index in [2.05, 4.69) is 5.10 Å². The van der Waals surface area contributed by atoms with Crippen LogP contribution in [0.5, 0.6) is 0 Å².